The number of guanidine groups is 1. The Bertz CT molecular complexity index is 699. The predicted octanol–water partition coefficient (Wildman–Crippen LogP) is 1.17. The van der Waals surface area contributed by atoms with Crippen molar-refractivity contribution in [2.24, 2.45) is 7.05 Å². The van der Waals surface area contributed by atoms with E-state index in [-0.39, 0.29) is 11.9 Å². The second-order valence-corrected chi connectivity index (χ2v) is 5.48. The maximum absolute atomic E-state index is 12.0. The summed E-state index contributed by atoms with van der Waals surface area (Å²) < 4.78 is 1.81. The molecule has 3 rings (SSSR count). The fraction of sp³-hybridized carbons (Fsp3) is 0.357. The zero-order chi connectivity index (χ0) is 14.5. The topological polar surface area (TPSA) is 74.0 Å². The largest absolute Gasteiger partial charge is 0.346 e. The first kappa shape index (κ1) is 12.7. The van der Waals surface area contributed by atoms with Gasteiger partial charge in [0.15, 0.2) is 5.96 Å². The van der Waals surface area contributed by atoms with Crippen molar-refractivity contribution in [3.05, 3.63) is 30.0 Å². The molecule has 6 heteroatoms. The summed E-state index contributed by atoms with van der Waals surface area (Å²) in [5.74, 6) is 0.0789. The average Bonchev–Trinajstić information content (AvgIpc) is 2.77. The first-order valence-electron chi connectivity index (χ1n) is 6.46. The van der Waals surface area contributed by atoms with Crippen LogP contribution in [0.5, 0.6) is 0 Å². The Morgan fingerprint density at radius 2 is 2.15 bits per heavy atom. The number of fused-ring (bicyclic) bond motifs is 1. The Hall–Kier alpha value is -2.37. The number of hydrogen-bond acceptors (Lipinski definition) is 3. The van der Waals surface area contributed by atoms with E-state index in [2.05, 4.69) is 10.4 Å². The number of nitrogens with one attached hydrogen (secondary N) is 2. The van der Waals surface area contributed by atoms with Crippen molar-refractivity contribution in [3.8, 4) is 0 Å². The monoisotopic (exact) mass is 271 g/mol. The van der Waals surface area contributed by atoms with Crippen molar-refractivity contribution < 1.29 is 4.79 Å². The van der Waals surface area contributed by atoms with Gasteiger partial charge in [0.25, 0.3) is 0 Å². The van der Waals surface area contributed by atoms with E-state index in [0.717, 1.165) is 16.5 Å². The van der Waals surface area contributed by atoms with E-state index in [1.54, 1.807) is 7.05 Å². The summed E-state index contributed by atoms with van der Waals surface area (Å²) in [4.78, 5) is 13.3. The van der Waals surface area contributed by atoms with E-state index in [9.17, 15) is 4.79 Å². The zero-order valence-electron chi connectivity index (χ0n) is 11.8. The van der Waals surface area contributed by atoms with Gasteiger partial charge in [0.05, 0.1) is 23.7 Å². The number of carbonyl (C=O) groups excluding carboxylic acids is 1. The molecule has 20 heavy (non-hydrogen) atoms. The van der Waals surface area contributed by atoms with Crippen LogP contribution in [-0.4, -0.2) is 33.6 Å². The second-order valence-electron chi connectivity index (χ2n) is 5.48. The molecule has 0 radical (unpaired) electrons. The SMILES string of the molecule is CN1C(=N)N[C@](C)(c2ccc3cnn(C)c3c2)CC1=O. The molecule has 0 aliphatic carbocycles. The van der Waals surface area contributed by atoms with Crippen molar-refractivity contribution in [1.29, 1.82) is 5.41 Å². The lowest BCUT2D eigenvalue weighted by Crippen LogP contribution is -2.58. The third-order valence-corrected chi connectivity index (χ3v) is 3.99. The highest BCUT2D eigenvalue weighted by Gasteiger charge is 2.37. The molecule has 1 fully saturated rings. The van der Waals surface area contributed by atoms with Crippen molar-refractivity contribution in [2.45, 2.75) is 18.9 Å². The van der Waals surface area contributed by atoms with Gasteiger partial charge in [-0.2, -0.15) is 5.10 Å². The van der Waals surface area contributed by atoms with Gasteiger partial charge >= 0.3 is 0 Å². The smallest absolute Gasteiger partial charge is 0.231 e. The first-order valence-corrected chi connectivity index (χ1v) is 6.46. The number of nitrogens with zero attached hydrogens (tertiary/aromatic N) is 3. The maximum Gasteiger partial charge on any atom is 0.231 e. The van der Waals surface area contributed by atoms with Crippen LogP contribution in [-0.2, 0) is 17.4 Å². The number of benzene rings is 1. The molecule has 2 aromatic rings. The van der Waals surface area contributed by atoms with Gasteiger partial charge in [-0.3, -0.25) is 19.8 Å². The molecular weight excluding hydrogens is 254 g/mol. The number of carbonyl (C=O) groups is 1. The summed E-state index contributed by atoms with van der Waals surface area (Å²) >= 11 is 0. The minimum Gasteiger partial charge on any atom is -0.346 e. The lowest BCUT2D eigenvalue weighted by Gasteiger charge is -2.39. The molecule has 6 nitrogen and oxygen atoms in total. The zero-order valence-corrected chi connectivity index (χ0v) is 11.8. The molecule has 2 heterocycles. The third kappa shape index (κ3) is 1.76. The van der Waals surface area contributed by atoms with Crippen molar-refractivity contribution in [1.82, 2.24) is 20.0 Å². The van der Waals surface area contributed by atoms with Crippen LogP contribution in [0.2, 0.25) is 0 Å². The van der Waals surface area contributed by atoms with Crippen LogP contribution in [0.1, 0.15) is 18.9 Å². The van der Waals surface area contributed by atoms with E-state index in [4.69, 9.17) is 5.41 Å². The highest BCUT2D eigenvalue weighted by molar-refractivity contribution is 5.99. The van der Waals surface area contributed by atoms with Gasteiger partial charge in [-0.25, -0.2) is 0 Å². The van der Waals surface area contributed by atoms with Crippen LogP contribution >= 0.6 is 0 Å². The van der Waals surface area contributed by atoms with Crippen LogP contribution in [0.15, 0.2) is 24.4 Å². The Morgan fingerprint density at radius 3 is 2.85 bits per heavy atom. The Kier molecular flexibility index (Phi) is 2.57. The molecule has 1 saturated heterocycles. The molecule has 1 aromatic carbocycles. The molecule has 0 saturated carbocycles. The molecule has 2 N–H and O–H groups in total. The van der Waals surface area contributed by atoms with Crippen LogP contribution in [0.25, 0.3) is 10.9 Å². The third-order valence-electron chi connectivity index (χ3n) is 3.99. The van der Waals surface area contributed by atoms with Crippen LogP contribution < -0.4 is 5.32 Å². The van der Waals surface area contributed by atoms with Gasteiger partial charge in [-0.15, -0.1) is 0 Å². The number of amides is 1. The highest BCUT2D eigenvalue weighted by atomic mass is 16.2. The molecule has 0 bridgehead atoms. The van der Waals surface area contributed by atoms with Crippen molar-refractivity contribution >= 4 is 22.8 Å². The standard InChI is InChI=1S/C14H17N5O/c1-14(7-12(20)18(2)13(15)17-14)10-5-4-9-8-16-19(3)11(9)6-10/h4-6,8H,7H2,1-3H3,(H2,15,17)/t14-/m0/s1. The minimum absolute atomic E-state index is 0.0543. The quantitative estimate of drug-likeness (QED) is 0.817. The van der Waals surface area contributed by atoms with Crippen LogP contribution in [0.4, 0.5) is 0 Å². The predicted molar refractivity (Wildman–Crippen MR) is 76.3 cm³/mol. The molecule has 1 atom stereocenters. The summed E-state index contributed by atoms with van der Waals surface area (Å²) in [6.45, 7) is 1.95. The fourth-order valence-electron chi connectivity index (χ4n) is 2.60. The Labute approximate surface area is 116 Å². The minimum atomic E-state index is -0.556. The van der Waals surface area contributed by atoms with Gasteiger partial charge in [0.2, 0.25) is 5.91 Å². The van der Waals surface area contributed by atoms with E-state index in [1.165, 1.54) is 4.90 Å². The highest BCUT2D eigenvalue weighted by Crippen LogP contribution is 2.30. The molecule has 0 spiro atoms. The van der Waals surface area contributed by atoms with Gasteiger partial charge < -0.3 is 5.32 Å². The first-order chi connectivity index (χ1) is 9.40. The molecule has 1 amide bonds. The van der Waals surface area contributed by atoms with Gasteiger partial charge in [0.1, 0.15) is 0 Å². The van der Waals surface area contributed by atoms with Gasteiger partial charge in [-0.05, 0) is 18.6 Å². The molecule has 0 unspecified atom stereocenters. The van der Waals surface area contributed by atoms with E-state index < -0.39 is 5.54 Å². The number of hydrogen-bond donors (Lipinski definition) is 2. The van der Waals surface area contributed by atoms with E-state index in [0.29, 0.717) is 6.42 Å². The maximum atomic E-state index is 12.0. The van der Waals surface area contributed by atoms with Gasteiger partial charge in [0, 0.05) is 19.5 Å². The summed E-state index contributed by atoms with van der Waals surface area (Å²) in [5, 5.41) is 16.3. The number of aryl methyl sites for hydroxylation is 1. The lowest BCUT2D eigenvalue weighted by molar-refractivity contribution is -0.129. The molecule has 1 aromatic heterocycles. The molecule has 1 aliphatic heterocycles. The summed E-state index contributed by atoms with van der Waals surface area (Å²) in [6, 6.07) is 6.01. The Balaban J connectivity index is 2.07. The second kappa shape index (κ2) is 4.06. The fourth-order valence-corrected chi connectivity index (χ4v) is 2.60. The molecule has 1 aliphatic rings. The Morgan fingerprint density at radius 1 is 1.40 bits per heavy atom. The summed E-state index contributed by atoms with van der Waals surface area (Å²) in [7, 11) is 3.51. The number of aromatic nitrogens is 2. The average molecular weight is 271 g/mol. The van der Waals surface area contributed by atoms with Gasteiger partial charge in [-0.1, -0.05) is 12.1 Å². The van der Waals surface area contributed by atoms with Crippen molar-refractivity contribution in [2.75, 3.05) is 7.05 Å². The lowest BCUT2D eigenvalue weighted by atomic mass is 9.86. The van der Waals surface area contributed by atoms with Crippen molar-refractivity contribution in [3.63, 3.8) is 0 Å². The number of rotatable bonds is 1. The normalized spacial score (nSPS) is 23.2. The summed E-state index contributed by atoms with van der Waals surface area (Å²) in [6.07, 6.45) is 2.14. The van der Waals surface area contributed by atoms with Crippen LogP contribution in [0.3, 0.4) is 0 Å². The van der Waals surface area contributed by atoms with E-state index in [1.807, 2.05) is 43.0 Å². The van der Waals surface area contributed by atoms with Crippen LogP contribution in [0, 0.1) is 5.41 Å². The van der Waals surface area contributed by atoms with E-state index >= 15 is 0 Å². The molecule has 104 valence electrons. The molecular formula is C14H17N5O. The summed E-state index contributed by atoms with van der Waals surface area (Å²) in [5.41, 5.74) is 1.45.